The van der Waals surface area contributed by atoms with Gasteiger partial charge in [0.25, 0.3) is 0 Å². The molecule has 0 saturated heterocycles. The Labute approximate surface area is 151 Å². The number of aryl methyl sites for hydroxylation is 2. The Morgan fingerprint density at radius 1 is 1.12 bits per heavy atom. The van der Waals surface area contributed by atoms with Gasteiger partial charge in [0.15, 0.2) is 0 Å². The summed E-state index contributed by atoms with van der Waals surface area (Å²) in [5, 5.41) is 4.61. The van der Waals surface area contributed by atoms with Gasteiger partial charge in [-0.25, -0.2) is 9.97 Å². The van der Waals surface area contributed by atoms with E-state index in [1.165, 1.54) is 29.3 Å². The number of carbonyl (C=O) groups is 1. The number of hydrogen-bond donors (Lipinski definition) is 1. The van der Waals surface area contributed by atoms with E-state index in [1.54, 1.807) is 6.33 Å². The van der Waals surface area contributed by atoms with Crippen molar-refractivity contribution in [2.75, 3.05) is 5.32 Å². The minimum absolute atomic E-state index is 0.00867. The molecule has 0 saturated carbocycles. The number of nitrogens with one attached hydrogen (secondary N) is 1. The van der Waals surface area contributed by atoms with Crippen LogP contribution in [0.5, 0.6) is 0 Å². The van der Waals surface area contributed by atoms with Gasteiger partial charge in [0.2, 0.25) is 5.91 Å². The van der Waals surface area contributed by atoms with Crippen LogP contribution in [0.1, 0.15) is 24.5 Å². The largest absolute Gasteiger partial charge is 0.325 e. The Balaban J connectivity index is 1.48. The highest BCUT2D eigenvalue weighted by atomic mass is 32.2. The Kier molecular flexibility index (Phi) is 4.40. The first-order chi connectivity index (χ1) is 12.2. The van der Waals surface area contributed by atoms with E-state index in [2.05, 4.69) is 27.4 Å². The van der Waals surface area contributed by atoms with Gasteiger partial charge in [0, 0.05) is 11.1 Å². The van der Waals surface area contributed by atoms with Crippen LogP contribution < -0.4 is 5.32 Å². The lowest BCUT2D eigenvalue weighted by molar-refractivity contribution is -0.115. The van der Waals surface area contributed by atoms with Crippen molar-refractivity contribution >= 4 is 34.3 Å². The van der Waals surface area contributed by atoms with Crippen molar-refractivity contribution in [3.8, 4) is 0 Å². The molecular weight excluding hydrogens is 330 g/mol. The van der Waals surface area contributed by atoms with Crippen LogP contribution in [0.25, 0.3) is 10.9 Å². The predicted octanol–water partition coefficient (Wildman–Crippen LogP) is 4.24. The average Bonchev–Trinajstić information content (AvgIpc) is 3.10. The number of carbonyl (C=O) groups excluding carboxylic acids is 1. The molecule has 0 aliphatic heterocycles. The zero-order valence-corrected chi connectivity index (χ0v) is 14.8. The van der Waals surface area contributed by atoms with Crippen LogP contribution in [-0.4, -0.2) is 21.1 Å². The third kappa shape index (κ3) is 3.37. The summed E-state index contributed by atoms with van der Waals surface area (Å²) in [6.45, 7) is 1.91. The Bertz CT molecular complexity index is 936. The molecule has 4 nitrogen and oxygen atoms in total. The summed E-state index contributed by atoms with van der Waals surface area (Å²) in [5.74, 6) is -0.00867. The summed E-state index contributed by atoms with van der Waals surface area (Å²) in [5.41, 5.74) is 4.55. The van der Waals surface area contributed by atoms with E-state index in [-0.39, 0.29) is 11.2 Å². The number of rotatable bonds is 4. The van der Waals surface area contributed by atoms with Gasteiger partial charge in [0.1, 0.15) is 11.4 Å². The van der Waals surface area contributed by atoms with E-state index >= 15 is 0 Å². The lowest BCUT2D eigenvalue weighted by Gasteiger charge is -2.13. The maximum absolute atomic E-state index is 12.6. The molecule has 0 spiro atoms. The van der Waals surface area contributed by atoms with Gasteiger partial charge in [-0.15, -0.1) is 0 Å². The summed E-state index contributed by atoms with van der Waals surface area (Å²) < 4.78 is 0. The SMILES string of the molecule is CC(Sc1ncnc2ccccc12)C(=O)Nc1ccc2c(c1)CCC2. The Morgan fingerprint density at radius 2 is 1.96 bits per heavy atom. The molecule has 0 fully saturated rings. The molecule has 2 aromatic carbocycles. The van der Waals surface area contributed by atoms with Crippen LogP contribution in [0.2, 0.25) is 0 Å². The quantitative estimate of drug-likeness (QED) is 0.565. The first-order valence-electron chi connectivity index (χ1n) is 8.50. The first kappa shape index (κ1) is 16.1. The fraction of sp³-hybridized carbons (Fsp3) is 0.250. The van der Waals surface area contributed by atoms with E-state index in [0.29, 0.717) is 0 Å². The highest BCUT2D eigenvalue weighted by Gasteiger charge is 2.18. The van der Waals surface area contributed by atoms with Gasteiger partial charge in [-0.05, 0) is 55.5 Å². The number of fused-ring (bicyclic) bond motifs is 2. The number of benzene rings is 2. The number of nitrogens with zero attached hydrogens (tertiary/aromatic N) is 2. The zero-order chi connectivity index (χ0) is 17.2. The Hall–Kier alpha value is -2.40. The molecule has 1 amide bonds. The summed E-state index contributed by atoms with van der Waals surface area (Å²) >= 11 is 1.46. The summed E-state index contributed by atoms with van der Waals surface area (Å²) in [4.78, 5) is 21.2. The lowest BCUT2D eigenvalue weighted by Crippen LogP contribution is -2.22. The van der Waals surface area contributed by atoms with Crippen molar-refractivity contribution in [3.63, 3.8) is 0 Å². The van der Waals surface area contributed by atoms with Gasteiger partial charge in [-0.3, -0.25) is 4.79 Å². The molecule has 1 heterocycles. The van der Waals surface area contributed by atoms with Crippen LogP contribution in [0.3, 0.4) is 0 Å². The molecule has 0 radical (unpaired) electrons. The van der Waals surface area contributed by atoms with Gasteiger partial charge in [-0.2, -0.15) is 0 Å². The molecule has 1 aliphatic carbocycles. The molecule has 1 atom stereocenters. The van der Waals surface area contributed by atoms with E-state index in [4.69, 9.17) is 0 Å². The molecule has 1 aromatic heterocycles. The topological polar surface area (TPSA) is 54.9 Å². The number of hydrogen-bond acceptors (Lipinski definition) is 4. The van der Waals surface area contributed by atoms with E-state index in [9.17, 15) is 4.79 Å². The number of aromatic nitrogens is 2. The van der Waals surface area contributed by atoms with Crippen molar-refractivity contribution < 1.29 is 4.79 Å². The van der Waals surface area contributed by atoms with Crippen LogP contribution in [0.4, 0.5) is 5.69 Å². The summed E-state index contributed by atoms with van der Waals surface area (Å²) in [6.07, 6.45) is 5.02. The minimum atomic E-state index is -0.244. The number of para-hydroxylation sites is 1. The minimum Gasteiger partial charge on any atom is -0.325 e. The molecule has 3 aromatic rings. The van der Waals surface area contributed by atoms with Gasteiger partial charge >= 0.3 is 0 Å². The normalized spacial score (nSPS) is 14.3. The van der Waals surface area contributed by atoms with Crippen LogP contribution in [0, 0.1) is 0 Å². The zero-order valence-electron chi connectivity index (χ0n) is 14.0. The van der Waals surface area contributed by atoms with Crippen molar-refractivity contribution in [2.24, 2.45) is 0 Å². The first-order valence-corrected chi connectivity index (χ1v) is 9.38. The molecule has 0 bridgehead atoms. The third-order valence-electron chi connectivity index (χ3n) is 4.53. The highest BCUT2D eigenvalue weighted by Crippen LogP contribution is 2.29. The van der Waals surface area contributed by atoms with Crippen molar-refractivity contribution in [2.45, 2.75) is 36.5 Å². The summed E-state index contributed by atoms with van der Waals surface area (Å²) in [6, 6.07) is 14.1. The van der Waals surface area contributed by atoms with Crippen LogP contribution in [-0.2, 0) is 17.6 Å². The smallest absolute Gasteiger partial charge is 0.237 e. The fourth-order valence-corrected chi connectivity index (χ4v) is 4.10. The van der Waals surface area contributed by atoms with Gasteiger partial charge in [0.05, 0.1) is 10.8 Å². The standard InChI is InChI=1S/C20H19N3OS/c1-13(25-20-17-7-2-3-8-18(17)21-12-22-20)19(24)23-16-10-9-14-5-4-6-15(14)11-16/h2-3,7-13H,4-6H2,1H3,(H,23,24). The fourth-order valence-electron chi connectivity index (χ4n) is 3.19. The van der Waals surface area contributed by atoms with Crippen LogP contribution in [0.15, 0.2) is 53.8 Å². The second-order valence-corrected chi connectivity index (χ2v) is 7.61. The maximum Gasteiger partial charge on any atom is 0.237 e. The second kappa shape index (κ2) is 6.84. The molecule has 4 rings (SSSR count). The number of thioether (sulfide) groups is 1. The summed E-state index contributed by atoms with van der Waals surface area (Å²) in [7, 11) is 0. The second-order valence-electron chi connectivity index (χ2n) is 6.28. The third-order valence-corrected chi connectivity index (χ3v) is 5.65. The van der Waals surface area contributed by atoms with Gasteiger partial charge < -0.3 is 5.32 Å². The number of amides is 1. The molecule has 5 heteroatoms. The molecule has 126 valence electrons. The lowest BCUT2D eigenvalue weighted by atomic mass is 10.1. The van der Waals surface area contributed by atoms with Crippen molar-refractivity contribution in [1.29, 1.82) is 0 Å². The average molecular weight is 349 g/mol. The highest BCUT2D eigenvalue weighted by molar-refractivity contribution is 8.00. The monoisotopic (exact) mass is 349 g/mol. The van der Waals surface area contributed by atoms with Gasteiger partial charge in [-0.1, -0.05) is 36.0 Å². The molecule has 1 unspecified atom stereocenters. The maximum atomic E-state index is 12.6. The molecule has 1 N–H and O–H groups in total. The van der Waals surface area contributed by atoms with Crippen molar-refractivity contribution in [1.82, 2.24) is 9.97 Å². The van der Waals surface area contributed by atoms with E-state index in [0.717, 1.165) is 34.5 Å². The Morgan fingerprint density at radius 3 is 2.88 bits per heavy atom. The molecular formula is C20H19N3OS. The molecule has 1 aliphatic rings. The number of anilines is 1. The van der Waals surface area contributed by atoms with Crippen LogP contribution >= 0.6 is 11.8 Å². The van der Waals surface area contributed by atoms with Crippen molar-refractivity contribution in [3.05, 3.63) is 59.9 Å². The van der Waals surface area contributed by atoms with E-state index in [1.807, 2.05) is 37.3 Å². The van der Waals surface area contributed by atoms with E-state index < -0.39 is 0 Å². The molecule has 25 heavy (non-hydrogen) atoms. The predicted molar refractivity (Wildman–Crippen MR) is 102 cm³/mol.